The van der Waals surface area contributed by atoms with Gasteiger partial charge in [0.1, 0.15) is 12.4 Å². The topological polar surface area (TPSA) is 76.4 Å². The van der Waals surface area contributed by atoms with E-state index in [2.05, 4.69) is 5.32 Å². The maximum Gasteiger partial charge on any atom is 0.251 e. The van der Waals surface area contributed by atoms with E-state index in [1.165, 1.54) is 0 Å². The number of hydrogen-bond donors (Lipinski definition) is 2. The van der Waals surface area contributed by atoms with Crippen molar-refractivity contribution in [2.45, 2.75) is 6.61 Å². The molecule has 0 saturated heterocycles. The second-order valence-corrected chi connectivity index (χ2v) is 7.52. The molecule has 0 bridgehead atoms. The zero-order chi connectivity index (χ0) is 22.3. The fourth-order valence-corrected chi connectivity index (χ4v) is 3.36. The van der Waals surface area contributed by atoms with Crippen LogP contribution in [0.2, 0.25) is 5.02 Å². The molecule has 0 unspecified atom stereocenters. The van der Waals surface area contributed by atoms with Crippen LogP contribution in [-0.4, -0.2) is 33.9 Å². The molecule has 6 nitrogen and oxygen atoms in total. The largest absolute Gasteiger partial charge is 0.489 e. The van der Waals surface area contributed by atoms with E-state index in [4.69, 9.17) is 26.5 Å². The van der Waals surface area contributed by atoms with Gasteiger partial charge in [0.05, 0.1) is 18.0 Å². The van der Waals surface area contributed by atoms with Gasteiger partial charge in [-0.1, -0.05) is 48.0 Å². The van der Waals surface area contributed by atoms with Crippen molar-refractivity contribution in [1.29, 1.82) is 0 Å². The number of ether oxygens (including phenoxy) is 1. The highest BCUT2D eigenvalue weighted by Crippen LogP contribution is 2.26. The minimum atomic E-state index is -0.261. The summed E-state index contributed by atoms with van der Waals surface area (Å²) in [4.78, 5) is 12.2. The van der Waals surface area contributed by atoms with E-state index in [1.807, 2.05) is 65.5 Å². The number of carbonyl (C=O) groups is 1. The van der Waals surface area contributed by atoms with Crippen LogP contribution in [-0.2, 0) is 6.61 Å². The van der Waals surface area contributed by atoms with Crippen LogP contribution in [0.5, 0.6) is 5.75 Å². The Balaban J connectivity index is 1.59. The molecule has 0 saturated carbocycles. The first-order chi connectivity index (χ1) is 15.6. The third-order valence-electron chi connectivity index (χ3n) is 4.82. The number of nitrogens with one attached hydrogen (secondary N) is 1. The molecule has 1 aromatic heterocycles. The van der Waals surface area contributed by atoms with E-state index in [0.717, 1.165) is 22.5 Å². The summed E-state index contributed by atoms with van der Waals surface area (Å²) in [7, 11) is 0. The minimum absolute atomic E-state index is 0.110. The Morgan fingerprint density at radius 2 is 1.81 bits per heavy atom. The molecule has 0 aliphatic heterocycles. The van der Waals surface area contributed by atoms with Gasteiger partial charge in [-0.2, -0.15) is 5.10 Å². The van der Waals surface area contributed by atoms with Gasteiger partial charge in [-0.15, -0.1) is 0 Å². The SMILES string of the molecule is O=C(NCCO)c1cccc(OCc2cn(-c3ccccc3)nc2-c2ccc(Cl)cc2)c1. The predicted octanol–water partition coefficient (Wildman–Crippen LogP) is 4.49. The summed E-state index contributed by atoms with van der Waals surface area (Å²) < 4.78 is 7.83. The van der Waals surface area contributed by atoms with Crippen LogP contribution in [0.25, 0.3) is 16.9 Å². The van der Waals surface area contributed by atoms with Crippen LogP contribution in [0.4, 0.5) is 0 Å². The molecule has 4 aromatic rings. The highest BCUT2D eigenvalue weighted by Gasteiger charge is 2.14. The van der Waals surface area contributed by atoms with Crippen LogP contribution in [0.1, 0.15) is 15.9 Å². The summed E-state index contributed by atoms with van der Waals surface area (Å²) in [6.45, 7) is 0.361. The molecule has 3 aromatic carbocycles. The number of hydrogen-bond acceptors (Lipinski definition) is 4. The molecule has 162 valence electrons. The van der Waals surface area contributed by atoms with Gasteiger partial charge in [0.2, 0.25) is 0 Å². The van der Waals surface area contributed by atoms with Gasteiger partial charge >= 0.3 is 0 Å². The standard InChI is InChI=1S/C25H22ClN3O3/c26-21-11-9-18(10-12-21)24-20(16-29(28-24)22-6-2-1-3-7-22)17-32-23-8-4-5-19(15-23)25(31)27-13-14-30/h1-12,15-16,30H,13-14,17H2,(H,27,31). The molecule has 4 rings (SSSR count). The van der Waals surface area contributed by atoms with E-state index >= 15 is 0 Å². The molecule has 0 atom stereocenters. The van der Waals surface area contributed by atoms with Gasteiger partial charge in [0.25, 0.3) is 5.91 Å². The minimum Gasteiger partial charge on any atom is -0.489 e. The first-order valence-electron chi connectivity index (χ1n) is 10.2. The molecular weight excluding hydrogens is 426 g/mol. The number of aromatic nitrogens is 2. The van der Waals surface area contributed by atoms with Gasteiger partial charge in [0.15, 0.2) is 0 Å². The lowest BCUT2D eigenvalue weighted by Gasteiger charge is -2.09. The monoisotopic (exact) mass is 447 g/mol. The second kappa shape index (κ2) is 10.1. The lowest BCUT2D eigenvalue weighted by molar-refractivity contribution is 0.0944. The van der Waals surface area contributed by atoms with Crippen molar-refractivity contribution >= 4 is 17.5 Å². The van der Waals surface area contributed by atoms with Crippen molar-refractivity contribution in [2.75, 3.05) is 13.2 Å². The molecule has 0 fully saturated rings. The third kappa shape index (κ3) is 5.17. The van der Waals surface area contributed by atoms with Crippen LogP contribution >= 0.6 is 11.6 Å². The van der Waals surface area contributed by atoms with Crippen molar-refractivity contribution in [1.82, 2.24) is 15.1 Å². The van der Waals surface area contributed by atoms with E-state index in [1.54, 1.807) is 24.3 Å². The lowest BCUT2D eigenvalue weighted by Crippen LogP contribution is -2.26. The zero-order valence-corrected chi connectivity index (χ0v) is 18.0. The number of rotatable bonds is 8. The maximum atomic E-state index is 12.2. The van der Waals surface area contributed by atoms with Crippen molar-refractivity contribution in [3.05, 3.63) is 101 Å². The fraction of sp³-hybridized carbons (Fsp3) is 0.120. The molecule has 0 aliphatic carbocycles. The second-order valence-electron chi connectivity index (χ2n) is 7.09. The number of aliphatic hydroxyl groups excluding tert-OH is 1. The van der Waals surface area contributed by atoms with Crippen molar-refractivity contribution in [2.24, 2.45) is 0 Å². The first-order valence-corrected chi connectivity index (χ1v) is 10.5. The Hall–Kier alpha value is -3.61. The number of carbonyl (C=O) groups excluding carboxylic acids is 1. The highest BCUT2D eigenvalue weighted by atomic mass is 35.5. The van der Waals surface area contributed by atoms with E-state index in [0.29, 0.717) is 16.3 Å². The molecule has 7 heteroatoms. The Morgan fingerprint density at radius 1 is 1.03 bits per heavy atom. The molecule has 32 heavy (non-hydrogen) atoms. The molecular formula is C25H22ClN3O3. The highest BCUT2D eigenvalue weighted by molar-refractivity contribution is 6.30. The predicted molar refractivity (Wildman–Crippen MR) is 124 cm³/mol. The van der Waals surface area contributed by atoms with Crippen molar-refractivity contribution in [3.8, 4) is 22.7 Å². The summed E-state index contributed by atoms with van der Waals surface area (Å²) in [5, 5.41) is 17.0. The summed E-state index contributed by atoms with van der Waals surface area (Å²) >= 11 is 6.06. The Bertz CT molecular complexity index is 1190. The quantitative estimate of drug-likeness (QED) is 0.417. The van der Waals surface area contributed by atoms with E-state index in [9.17, 15) is 4.79 Å². The van der Waals surface area contributed by atoms with E-state index in [-0.39, 0.29) is 25.7 Å². The van der Waals surface area contributed by atoms with E-state index < -0.39 is 0 Å². The summed E-state index contributed by atoms with van der Waals surface area (Å²) in [5.74, 6) is 0.305. The van der Waals surface area contributed by atoms with Gasteiger partial charge in [-0.25, -0.2) is 4.68 Å². The van der Waals surface area contributed by atoms with Gasteiger partial charge in [-0.05, 0) is 42.5 Å². The molecule has 1 heterocycles. The number of benzene rings is 3. The molecule has 0 aliphatic rings. The van der Waals surface area contributed by atoms with Crippen LogP contribution in [0.3, 0.4) is 0 Å². The average molecular weight is 448 g/mol. The van der Waals surface area contributed by atoms with Crippen molar-refractivity contribution in [3.63, 3.8) is 0 Å². The lowest BCUT2D eigenvalue weighted by atomic mass is 10.1. The summed E-state index contributed by atoms with van der Waals surface area (Å²) in [5.41, 5.74) is 4.03. The average Bonchev–Trinajstić information content (AvgIpc) is 3.27. The molecule has 0 radical (unpaired) electrons. The molecule has 0 spiro atoms. The Kier molecular flexibility index (Phi) is 6.84. The van der Waals surface area contributed by atoms with Gasteiger partial charge < -0.3 is 15.2 Å². The number of aliphatic hydroxyl groups is 1. The van der Waals surface area contributed by atoms with Crippen LogP contribution < -0.4 is 10.1 Å². The fourth-order valence-electron chi connectivity index (χ4n) is 3.24. The number of halogens is 1. The van der Waals surface area contributed by atoms with Gasteiger partial charge in [0, 0.05) is 34.5 Å². The first kappa shape index (κ1) is 21.6. The van der Waals surface area contributed by atoms with Crippen molar-refractivity contribution < 1.29 is 14.6 Å². The smallest absolute Gasteiger partial charge is 0.251 e. The summed E-state index contributed by atoms with van der Waals surface area (Å²) in [6.07, 6.45) is 1.94. The zero-order valence-electron chi connectivity index (χ0n) is 17.2. The van der Waals surface area contributed by atoms with Crippen LogP contribution in [0, 0.1) is 0 Å². The summed E-state index contributed by atoms with van der Waals surface area (Å²) in [6, 6.07) is 24.3. The van der Waals surface area contributed by atoms with Gasteiger partial charge in [-0.3, -0.25) is 4.79 Å². The number of para-hydroxylation sites is 1. The Labute approximate surface area is 191 Å². The third-order valence-corrected chi connectivity index (χ3v) is 5.07. The molecule has 1 amide bonds. The molecule has 2 N–H and O–H groups in total. The number of amides is 1. The maximum absolute atomic E-state index is 12.2. The van der Waals surface area contributed by atoms with Crippen LogP contribution in [0.15, 0.2) is 85.1 Å². The number of nitrogens with zero attached hydrogens (tertiary/aromatic N) is 2. The Morgan fingerprint density at radius 3 is 2.56 bits per heavy atom. The normalized spacial score (nSPS) is 10.7.